The van der Waals surface area contributed by atoms with Crippen LogP contribution in [0.25, 0.3) is 0 Å². The molecule has 0 aromatic heterocycles. The van der Waals surface area contributed by atoms with Crippen LogP contribution in [0.1, 0.15) is 43.1 Å². The minimum atomic E-state index is -0.516. The zero-order chi connectivity index (χ0) is 21.2. The number of methoxy groups -OCH3 is 1. The molecule has 1 fully saturated rings. The van der Waals surface area contributed by atoms with Gasteiger partial charge >= 0.3 is 5.97 Å². The first-order valence-corrected chi connectivity index (χ1v) is 10.4. The van der Waals surface area contributed by atoms with Gasteiger partial charge in [-0.2, -0.15) is 0 Å². The minimum absolute atomic E-state index is 0.0268. The van der Waals surface area contributed by atoms with Crippen molar-refractivity contribution in [1.29, 1.82) is 0 Å². The summed E-state index contributed by atoms with van der Waals surface area (Å²) in [7, 11) is 1.39. The first kappa shape index (κ1) is 22.2. The number of rotatable bonds is 10. The maximum atomic E-state index is 11.8. The van der Waals surface area contributed by atoms with E-state index in [2.05, 4.69) is 6.58 Å². The van der Waals surface area contributed by atoms with E-state index in [0.717, 1.165) is 17.5 Å². The van der Waals surface area contributed by atoms with Crippen LogP contribution >= 0.6 is 0 Å². The molecule has 1 aliphatic rings. The van der Waals surface area contributed by atoms with Gasteiger partial charge in [0.2, 0.25) is 0 Å². The second-order valence-corrected chi connectivity index (χ2v) is 7.45. The van der Waals surface area contributed by atoms with Gasteiger partial charge in [-0.05, 0) is 12.0 Å². The molecule has 0 saturated carbocycles. The summed E-state index contributed by atoms with van der Waals surface area (Å²) in [6, 6.07) is 19.9. The Morgan fingerprint density at radius 1 is 1.10 bits per heavy atom. The van der Waals surface area contributed by atoms with Crippen molar-refractivity contribution < 1.29 is 23.7 Å². The van der Waals surface area contributed by atoms with Gasteiger partial charge < -0.3 is 18.9 Å². The molecule has 5 heteroatoms. The van der Waals surface area contributed by atoms with E-state index in [1.165, 1.54) is 7.11 Å². The summed E-state index contributed by atoms with van der Waals surface area (Å²) < 4.78 is 23.3. The largest absolute Gasteiger partial charge is 0.469 e. The number of esters is 1. The molecule has 0 bridgehead atoms. The Morgan fingerprint density at radius 2 is 1.77 bits per heavy atom. The van der Waals surface area contributed by atoms with Gasteiger partial charge in [0, 0.05) is 18.4 Å². The number of carbonyl (C=O) groups is 1. The molecule has 1 heterocycles. The van der Waals surface area contributed by atoms with Crippen molar-refractivity contribution in [2.45, 2.75) is 56.9 Å². The van der Waals surface area contributed by atoms with Gasteiger partial charge in [0.25, 0.3) is 0 Å². The average Bonchev–Trinajstić information content (AvgIpc) is 2.78. The van der Waals surface area contributed by atoms with E-state index >= 15 is 0 Å². The lowest BCUT2D eigenvalue weighted by Crippen LogP contribution is -2.37. The van der Waals surface area contributed by atoms with Crippen LogP contribution in [0, 0.1) is 0 Å². The fourth-order valence-corrected chi connectivity index (χ4v) is 3.61. The van der Waals surface area contributed by atoms with Gasteiger partial charge in [0.15, 0.2) is 6.29 Å². The van der Waals surface area contributed by atoms with Crippen molar-refractivity contribution in [3.8, 4) is 0 Å². The number of hydrogen-bond acceptors (Lipinski definition) is 5. The summed E-state index contributed by atoms with van der Waals surface area (Å²) in [5.41, 5.74) is 2.06. The SMILES string of the molecule is C=CC[C@@H](C[C@@H]1C[C@H](CC(=O)OC)O[C@H](c2ccccc2)O1)OCc1ccccc1. The van der Waals surface area contributed by atoms with Crippen LogP contribution in [0.5, 0.6) is 0 Å². The first-order chi connectivity index (χ1) is 14.7. The molecule has 0 unspecified atom stereocenters. The van der Waals surface area contributed by atoms with Gasteiger partial charge in [0.1, 0.15) is 0 Å². The smallest absolute Gasteiger partial charge is 0.308 e. The number of benzene rings is 2. The number of carbonyl (C=O) groups excluding carboxylic acids is 1. The van der Waals surface area contributed by atoms with Gasteiger partial charge in [-0.3, -0.25) is 4.79 Å². The molecule has 0 spiro atoms. The fraction of sp³-hybridized carbons (Fsp3) is 0.400. The monoisotopic (exact) mass is 410 g/mol. The normalized spacial score (nSPS) is 22.2. The molecule has 3 rings (SSSR count). The van der Waals surface area contributed by atoms with E-state index < -0.39 is 6.29 Å². The van der Waals surface area contributed by atoms with Crippen molar-refractivity contribution >= 4 is 5.97 Å². The van der Waals surface area contributed by atoms with Gasteiger partial charge in [-0.15, -0.1) is 6.58 Å². The fourth-order valence-electron chi connectivity index (χ4n) is 3.61. The molecule has 1 saturated heterocycles. The molecule has 4 atom stereocenters. The van der Waals surface area contributed by atoms with Crippen LogP contribution in [-0.4, -0.2) is 31.4 Å². The van der Waals surface area contributed by atoms with E-state index in [4.69, 9.17) is 18.9 Å². The Balaban J connectivity index is 1.66. The van der Waals surface area contributed by atoms with Crippen LogP contribution in [-0.2, 0) is 30.3 Å². The maximum absolute atomic E-state index is 11.8. The average molecular weight is 411 g/mol. The van der Waals surface area contributed by atoms with Crippen molar-refractivity contribution in [2.75, 3.05) is 7.11 Å². The quantitative estimate of drug-likeness (QED) is 0.409. The molecule has 0 aliphatic carbocycles. The summed E-state index contributed by atoms with van der Waals surface area (Å²) in [4.78, 5) is 11.8. The standard InChI is InChI=1S/C25H30O5/c1-3-10-21(28-18-19-11-6-4-7-12-19)15-22-16-23(17-24(26)27-2)30-25(29-22)20-13-8-5-9-14-20/h3-9,11-14,21-23,25H,1,10,15-18H2,2H3/t21-,22+,23+,25+/m0/s1. The highest BCUT2D eigenvalue weighted by Crippen LogP contribution is 2.33. The van der Waals surface area contributed by atoms with Crippen LogP contribution in [0.2, 0.25) is 0 Å². The molecular weight excluding hydrogens is 380 g/mol. The molecule has 30 heavy (non-hydrogen) atoms. The highest BCUT2D eigenvalue weighted by molar-refractivity contribution is 5.69. The molecular formula is C25H30O5. The van der Waals surface area contributed by atoms with Crippen LogP contribution in [0.3, 0.4) is 0 Å². The molecule has 0 radical (unpaired) electrons. The summed E-state index contributed by atoms with van der Waals surface area (Å²) in [6.07, 6.45) is 3.21. The van der Waals surface area contributed by atoms with Crippen molar-refractivity contribution in [3.63, 3.8) is 0 Å². The van der Waals surface area contributed by atoms with Gasteiger partial charge in [-0.1, -0.05) is 66.7 Å². The van der Waals surface area contributed by atoms with Crippen molar-refractivity contribution in [1.82, 2.24) is 0 Å². The molecule has 0 N–H and O–H groups in total. The Hall–Kier alpha value is -2.47. The topological polar surface area (TPSA) is 54.0 Å². The second kappa shape index (κ2) is 11.6. The highest BCUT2D eigenvalue weighted by atomic mass is 16.7. The van der Waals surface area contributed by atoms with E-state index in [9.17, 15) is 4.79 Å². The highest BCUT2D eigenvalue weighted by Gasteiger charge is 2.33. The van der Waals surface area contributed by atoms with E-state index in [1.54, 1.807) is 0 Å². The lowest BCUT2D eigenvalue weighted by molar-refractivity contribution is -0.254. The summed E-state index contributed by atoms with van der Waals surface area (Å²) in [5, 5.41) is 0. The van der Waals surface area contributed by atoms with Crippen LogP contribution < -0.4 is 0 Å². The predicted octanol–water partition coefficient (Wildman–Crippen LogP) is 4.97. The Labute approximate surface area is 178 Å². The lowest BCUT2D eigenvalue weighted by atomic mass is 9.99. The maximum Gasteiger partial charge on any atom is 0.308 e. The Morgan fingerprint density at radius 3 is 2.43 bits per heavy atom. The molecule has 2 aromatic rings. The lowest BCUT2D eigenvalue weighted by Gasteiger charge is -2.37. The third-order valence-electron chi connectivity index (χ3n) is 5.14. The van der Waals surface area contributed by atoms with Crippen LogP contribution in [0.4, 0.5) is 0 Å². The molecule has 0 amide bonds. The molecule has 5 nitrogen and oxygen atoms in total. The zero-order valence-electron chi connectivity index (χ0n) is 17.4. The summed E-state index contributed by atoms with van der Waals surface area (Å²) in [6.45, 7) is 4.41. The van der Waals surface area contributed by atoms with Crippen molar-refractivity contribution in [3.05, 3.63) is 84.4 Å². The molecule has 2 aromatic carbocycles. The molecule has 160 valence electrons. The van der Waals surface area contributed by atoms with E-state index in [0.29, 0.717) is 19.4 Å². The second-order valence-electron chi connectivity index (χ2n) is 7.45. The van der Waals surface area contributed by atoms with E-state index in [-0.39, 0.29) is 30.7 Å². The van der Waals surface area contributed by atoms with Crippen molar-refractivity contribution in [2.24, 2.45) is 0 Å². The Bertz CT molecular complexity index is 777. The summed E-state index contributed by atoms with van der Waals surface area (Å²) >= 11 is 0. The van der Waals surface area contributed by atoms with Gasteiger partial charge in [-0.25, -0.2) is 0 Å². The third-order valence-corrected chi connectivity index (χ3v) is 5.14. The third kappa shape index (κ3) is 6.80. The molecule has 1 aliphatic heterocycles. The number of hydrogen-bond donors (Lipinski definition) is 0. The van der Waals surface area contributed by atoms with Crippen LogP contribution in [0.15, 0.2) is 73.3 Å². The summed E-state index contributed by atoms with van der Waals surface area (Å²) in [5.74, 6) is -0.282. The van der Waals surface area contributed by atoms with Gasteiger partial charge in [0.05, 0.1) is 38.4 Å². The Kier molecular flexibility index (Phi) is 8.63. The van der Waals surface area contributed by atoms with E-state index in [1.807, 2.05) is 66.7 Å². The first-order valence-electron chi connectivity index (χ1n) is 10.4. The zero-order valence-corrected chi connectivity index (χ0v) is 17.4. The predicted molar refractivity (Wildman–Crippen MR) is 115 cm³/mol. The number of ether oxygens (including phenoxy) is 4. The minimum Gasteiger partial charge on any atom is -0.469 e.